The maximum atomic E-state index is 11.3. The Morgan fingerprint density at radius 3 is 3.19 bits per heavy atom. The highest BCUT2D eigenvalue weighted by Crippen LogP contribution is 2.25. The van der Waals surface area contributed by atoms with E-state index in [9.17, 15) is 4.79 Å². The molecule has 3 rings (SSSR count). The number of nitrogens with two attached hydrogens (primary N) is 1. The Hall–Kier alpha value is -1.73. The molecule has 0 saturated carbocycles. The molecule has 1 fully saturated rings. The lowest BCUT2D eigenvalue weighted by Gasteiger charge is -2.30. The molecule has 2 aromatic heterocycles. The minimum Gasteiger partial charge on any atom is -0.372 e. The van der Waals surface area contributed by atoms with Gasteiger partial charge in [-0.1, -0.05) is 0 Å². The molecule has 1 amide bonds. The number of carbonyl (C=O) groups excluding carboxylic acids is 1. The molecule has 1 atom stereocenters. The molecule has 0 spiro atoms. The minimum atomic E-state index is -0.203. The lowest BCUT2D eigenvalue weighted by atomic mass is 9.97. The van der Waals surface area contributed by atoms with E-state index in [1.54, 1.807) is 11.3 Å². The van der Waals surface area contributed by atoms with E-state index in [-0.39, 0.29) is 11.8 Å². The summed E-state index contributed by atoms with van der Waals surface area (Å²) in [4.78, 5) is 23.8. The van der Waals surface area contributed by atoms with Crippen molar-refractivity contribution in [3.05, 3.63) is 17.3 Å². The lowest BCUT2D eigenvalue weighted by Crippen LogP contribution is -2.40. The average molecular weight is 305 g/mol. The first-order valence-electron chi connectivity index (χ1n) is 7.11. The maximum absolute atomic E-state index is 11.3. The van der Waals surface area contributed by atoms with Crippen molar-refractivity contribution >= 4 is 33.3 Å². The van der Waals surface area contributed by atoms with Crippen molar-refractivity contribution < 1.29 is 4.79 Å². The zero-order valence-electron chi connectivity index (χ0n) is 12.0. The number of nitrogens with zero attached hydrogens (tertiary/aromatic N) is 3. The molecule has 3 N–H and O–H groups in total. The molecule has 112 valence electrons. The molecule has 6 nitrogen and oxygen atoms in total. The molecule has 0 bridgehead atoms. The Labute approximate surface area is 127 Å². The third-order valence-electron chi connectivity index (χ3n) is 3.88. The summed E-state index contributed by atoms with van der Waals surface area (Å²) in [6.07, 6.45) is 1.88. The number of nitrogens with one attached hydrogen (secondary N) is 1. The highest BCUT2D eigenvalue weighted by Gasteiger charge is 2.24. The van der Waals surface area contributed by atoms with Gasteiger partial charge in [0.25, 0.3) is 0 Å². The van der Waals surface area contributed by atoms with Gasteiger partial charge >= 0.3 is 0 Å². The first kappa shape index (κ1) is 14.2. The fourth-order valence-electron chi connectivity index (χ4n) is 2.79. The largest absolute Gasteiger partial charge is 0.372 e. The molecule has 7 heteroatoms. The zero-order chi connectivity index (χ0) is 14.8. The van der Waals surface area contributed by atoms with Crippen LogP contribution in [0, 0.1) is 5.92 Å². The molecule has 1 unspecified atom stereocenters. The summed E-state index contributed by atoms with van der Waals surface area (Å²) >= 11 is 1.61. The van der Waals surface area contributed by atoms with Gasteiger partial charge in [-0.25, -0.2) is 9.97 Å². The maximum Gasteiger partial charge on any atom is 0.221 e. The predicted molar refractivity (Wildman–Crippen MR) is 84.2 cm³/mol. The lowest BCUT2D eigenvalue weighted by molar-refractivity contribution is -0.123. The predicted octanol–water partition coefficient (Wildman–Crippen LogP) is 1.43. The van der Waals surface area contributed by atoms with Gasteiger partial charge in [-0.05, 0) is 30.8 Å². The number of piperidine rings is 1. The summed E-state index contributed by atoms with van der Waals surface area (Å²) < 4.78 is 0. The fraction of sp³-hybridized carbons (Fsp3) is 0.500. The van der Waals surface area contributed by atoms with Crippen LogP contribution in [0.1, 0.15) is 18.7 Å². The van der Waals surface area contributed by atoms with Gasteiger partial charge in [0, 0.05) is 13.6 Å². The number of carbonyl (C=O) groups is 1. The van der Waals surface area contributed by atoms with Gasteiger partial charge in [-0.15, -0.1) is 11.3 Å². The number of likely N-dealkylation sites (tertiary alicyclic amines) is 1. The zero-order valence-corrected chi connectivity index (χ0v) is 12.8. The first-order chi connectivity index (χ1) is 10.2. The number of fused-ring (bicyclic) bond motifs is 1. The van der Waals surface area contributed by atoms with Crippen molar-refractivity contribution in [1.29, 1.82) is 0 Å². The Kier molecular flexibility index (Phi) is 4.03. The van der Waals surface area contributed by atoms with Crippen LogP contribution in [0.3, 0.4) is 0 Å². The Morgan fingerprint density at radius 2 is 2.43 bits per heavy atom. The van der Waals surface area contributed by atoms with Gasteiger partial charge in [0.15, 0.2) is 0 Å². The van der Waals surface area contributed by atoms with Crippen molar-refractivity contribution in [2.24, 2.45) is 11.7 Å². The summed E-state index contributed by atoms with van der Waals surface area (Å²) in [5.74, 6) is 1.40. The van der Waals surface area contributed by atoms with E-state index in [0.29, 0.717) is 13.1 Å². The minimum absolute atomic E-state index is 0.0482. The molecule has 0 radical (unpaired) electrons. The van der Waals surface area contributed by atoms with Crippen molar-refractivity contribution in [2.45, 2.75) is 19.4 Å². The molecule has 3 heterocycles. The third-order valence-corrected chi connectivity index (χ3v) is 4.69. The number of rotatable bonds is 4. The number of anilines is 1. The normalized spacial score (nSPS) is 19.8. The number of hydrogen-bond donors (Lipinski definition) is 2. The SMILES string of the molecule is CNc1nc(CN2CCCC(C(N)=O)C2)nc2sccc12. The van der Waals surface area contributed by atoms with E-state index in [4.69, 9.17) is 5.73 Å². The first-order valence-corrected chi connectivity index (χ1v) is 7.99. The number of primary amides is 1. The Morgan fingerprint density at radius 1 is 1.57 bits per heavy atom. The van der Waals surface area contributed by atoms with Crippen molar-refractivity contribution in [3.8, 4) is 0 Å². The number of aromatic nitrogens is 2. The van der Waals surface area contributed by atoms with Gasteiger partial charge in [-0.3, -0.25) is 9.69 Å². The molecule has 0 aromatic carbocycles. The number of hydrogen-bond acceptors (Lipinski definition) is 6. The number of amides is 1. The van der Waals surface area contributed by atoms with E-state index in [2.05, 4.69) is 20.2 Å². The molecule has 21 heavy (non-hydrogen) atoms. The second-order valence-electron chi connectivity index (χ2n) is 5.35. The van der Waals surface area contributed by atoms with Crippen LogP contribution < -0.4 is 11.1 Å². The quantitative estimate of drug-likeness (QED) is 0.892. The molecule has 2 aromatic rings. The van der Waals surface area contributed by atoms with Crippen molar-refractivity contribution in [2.75, 3.05) is 25.5 Å². The van der Waals surface area contributed by atoms with Crippen molar-refractivity contribution in [1.82, 2.24) is 14.9 Å². The molecule has 1 aliphatic heterocycles. The fourth-order valence-corrected chi connectivity index (χ4v) is 3.58. The summed E-state index contributed by atoms with van der Waals surface area (Å²) in [7, 11) is 1.87. The summed E-state index contributed by atoms with van der Waals surface area (Å²) in [5.41, 5.74) is 5.42. The van der Waals surface area contributed by atoms with Gasteiger partial charge in [0.2, 0.25) is 5.91 Å². The molecular formula is C14H19N5OS. The average Bonchev–Trinajstić information content (AvgIpc) is 2.95. The smallest absolute Gasteiger partial charge is 0.221 e. The second kappa shape index (κ2) is 5.95. The molecule has 1 saturated heterocycles. The monoisotopic (exact) mass is 305 g/mol. The van der Waals surface area contributed by atoms with E-state index in [1.807, 2.05) is 18.5 Å². The van der Waals surface area contributed by atoms with Crippen molar-refractivity contribution in [3.63, 3.8) is 0 Å². The molecule has 0 aliphatic carbocycles. The van der Waals surface area contributed by atoms with E-state index >= 15 is 0 Å². The van der Waals surface area contributed by atoms with E-state index in [1.165, 1.54) is 0 Å². The second-order valence-corrected chi connectivity index (χ2v) is 6.25. The summed E-state index contributed by atoms with van der Waals surface area (Å²) in [6, 6.07) is 2.03. The Bertz CT molecular complexity index is 656. The highest BCUT2D eigenvalue weighted by atomic mass is 32.1. The van der Waals surface area contributed by atoms with Crippen LogP contribution in [0.4, 0.5) is 5.82 Å². The van der Waals surface area contributed by atoms with Crippen LogP contribution in [0.25, 0.3) is 10.2 Å². The third kappa shape index (κ3) is 2.98. The van der Waals surface area contributed by atoms with E-state index < -0.39 is 0 Å². The Balaban J connectivity index is 1.79. The molecular weight excluding hydrogens is 286 g/mol. The standard InChI is InChI=1S/C14H19N5OS/c1-16-13-10-4-6-21-14(10)18-11(17-13)8-19-5-2-3-9(7-19)12(15)20/h4,6,9H,2-3,5,7-8H2,1H3,(H2,15,20)(H,16,17,18). The highest BCUT2D eigenvalue weighted by molar-refractivity contribution is 7.16. The molecule has 1 aliphatic rings. The van der Waals surface area contributed by atoms with Crippen LogP contribution in [-0.2, 0) is 11.3 Å². The van der Waals surface area contributed by atoms with Gasteiger partial charge in [0.1, 0.15) is 16.5 Å². The number of thiophene rings is 1. The summed E-state index contributed by atoms with van der Waals surface area (Å²) in [5, 5.41) is 6.20. The van der Waals surface area contributed by atoms with Gasteiger partial charge in [0.05, 0.1) is 17.8 Å². The van der Waals surface area contributed by atoms with Crippen LogP contribution in [-0.4, -0.2) is 40.9 Å². The van der Waals surface area contributed by atoms with Gasteiger partial charge < -0.3 is 11.1 Å². The van der Waals surface area contributed by atoms with E-state index in [0.717, 1.165) is 41.2 Å². The van der Waals surface area contributed by atoms with Crippen LogP contribution >= 0.6 is 11.3 Å². The topological polar surface area (TPSA) is 84.1 Å². The van der Waals surface area contributed by atoms with Crippen LogP contribution in [0.5, 0.6) is 0 Å². The van der Waals surface area contributed by atoms with Crippen LogP contribution in [0.2, 0.25) is 0 Å². The van der Waals surface area contributed by atoms with Crippen LogP contribution in [0.15, 0.2) is 11.4 Å². The van der Waals surface area contributed by atoms with Gasteiger partial charge in [-0.2, -0.15) is 0 Å². The summed E-state index contributed by atoms with van der Waals surface area (Å²) in [6.45, 7) is 2.33.